The van der Waals surface area contributed by atoms with E-state index >= 15 is 0 Å². The van der Waals surface area contributed by atoms with Gasteiger partial charge in [-0.15, -0.1) is 0 Å². The van der Waals surface area contributed by atoms with Gasteiger partial charge < -0.3 is 68.9 Å². The second-order valence-electron chi connectivity index (χ2n) is 11.5. The number of aliphatic hydroxyl groups is 5. The first-order chi connectivity index (χ1) is 23.4. The predicted molar refractivity (Wildman–Crippen MR) is 169 cm³/mol. The van der Waals surface area contributed by atoms with Gasteiger partial charge in [0.15, 0.2) is 23.9 Å². The summed E-state index contributed by atoms with van der Waals surface area (Å²) in [4.78, 5) is 13.2. The van der Waals surface area contributed by atoms with Crippen LogP contribution in [0.1, 0.15) is 21.5 Å². The third kappa shape index (κ3) is 8.24. The quantitative estimate of drug-likeness (QED) is 0.103. The van der Waals surface area contributed by atoms with Crippen molar-refractivity contribution in [1.29, 1.82) is 0 Å². The number of rotatable bonds is 12. The number of hydrogen-bond donors (Lipinski definition) is 7. The van der Waals surface area contributed by atoms with E-state index in [-0.39, 0.29) is 28.6 Å². The van der Waals surface area contributed by atoms with Crippen LogP contribution in [0, 0.1) is 0 Å². The Morgan fingerprint density at radius 2 is 1.61 bits per heavy atom. The van der Waals surface area contributed by atoms with Crippen LogP contribution >= 0.6 is 0 Å². The minimum atomic E-state index is -1.96. The van der Waals surface area contributed by atoms with Crippen molar-refractivity contribution in [2.45, 2.75) is 48.7 Å². The molecule has 8 atom stereocenters. The van der Waals surface area contributed by atoms with Crippen LogP contribution in [0.25, 0.3) is 12.2 Å². The number of phenolic OH excluding ortho intramolecular Hbond substituents is 2. The van der Waals surface area contributed by atoms with Gasteiger partial charge in [0, 0.05) is 6.07 Å². The van der Waals surface area contributed by atoms with Crippen molar-refractivity contribution in [3.05, 3.63) is 77.4 Å². The minimum Gasteiger partial charge on any atom is -0.508 e. The van der Waals surface area contributed by atoms with E-state index < -0.39 is 74.5 Å². The molecule has 49 heavy (non-hydrogen) atoms. The number of ether oxygens (including phenoxy) is 7. The molecule has 2 saturated heterocycles. The third-order valence-corrected chi connectivity index (χ3v) is 8.06. The summed E-state index contributed by atoms with van der Waals surface area (Å²) in [6.45, 7) is -1.70. The Balaban J connectivity index is 1.40. The number of aromatic hydroxyl groups is 2. The summed E-state index contributed by atoms with van der Waals surface area (Å²) in [5, 5.41) is 71.8. The molecule has 7 N–H and O–H groups in total. The van der Waals surface area contributed by atoms with E-state index in [0.717, 1.165) is 5.56 Å². The summed E-state index contributed by atoms with van der Waals surface area (Å²) < 4.78 is 39.0. The normalized spacial score (nSPS) is 28.3. The average Bonchev–Trinajstić information content (AvgIpc) is 3.39. The van der Waals surface area contributed by atoms with E-state index in [4.69, 9.17) is 33.2 Å². The maximum Gasteiger partial charge on any atom is 0.338 e. The van der Waals surface area contributed by atoms with E-state index in [2.05, 4.69) is 0 Å². The van der Waals surface area contributed by atoms with E-state index in [1.54, 1.807) is 48.6 Å². The molecule has 15 heteroatoms. The van der Waals surface area contributed by atoms with E-state index in [9.17, 15) is 40.5 Å². The van der Waals surface area contributed by atoms with Gasteiger partial charge in [-0.3, -0.25) is 0 Å². The first-order valence-electron chi connectivity index (χ1n) is 15.1. The summed E-state index contributed by atoms with van der Waals surface area (Å²) in [6.07, 6.45) is -7.49. The van der Waals surface area contributed by atoms with Crippen LogP contribution < -0.4 is 14.2 Å². The average molecular weight is 687 g/mol. The fraction of sp³-hybridized carbons (Fsp3) is 0.382. The molecule has 15 nitrogen and oxygen atoms in total. The van der Waals surface area contributed by atoms with Gasteiger partial charge in [0.2, 0.25) is 6.29 Å². The Labute approximate surface area is 280 Å². The second kappa shape index (κ2) is 15.4. The largest absolute Gasteiger partial charge is 0.508 e. The smallest absolute Gasteiger partial charge is 0.338 e. The molecule has 3 aromatic carbocycles. The highest BCUT2D eigenvalue weighted by molar-refractivity contribution is 5.90. The topological polar surface area (TPSA) is 223 Å². The molecule has 0 bridgehead atoms. The van der Waals surface area contributed by atoms with Crippen molar-refractivity contribution in [3.8, 4) is 28.7 Å². The molecule has 0 radical (unpaired) electrons. The first kappa shape index (κ1) is 35.8. The standard InChI is InChI=1S/C34H38O15/c1-43-22-11-19(4-3-18-5-8-21(36)9-6-18)12-23(14-22)47-32-29(49-31(41)20-7-10-24(37)25(13-20)44-2)28(39)27(38)26(48-32)15-45-33-30(40)34(42,16-35)17-46-33/h3-14,26-30,32-33,35-40,42H,15-17H2,1-2H3/t26-,27-,28+,29-,30+,32-,33-,34-/m1/s1. The number of phenols is 2. The van der Waals surface area contributed by atoms with Crippen molar-refractivity contribution in [3.63, 3.8) is 0 Å². The second-order valence-corrected chi connectivity index (χ2v) is 11.5. The molecule has 0 unspecified atom stereocenters. The Morgan fingerprint density at radius 1 is 0.898 bits per heavy atom. The molecule has 0 spiro atoms. The van der Waals surface area contributed by atoms with Crippen molar-refractivity contribution in [2.75, 3.05) is 34.0 Å². The molecule has 2 heterocycles. The van der Waals surface area contributed by atoms with Crippen molar-refractivity contribution < 1.29 is 73.7 Å². The van der Waals surface area contributed by atoms with Gasteiger partial charge in [-0.25, -0.2) is 4.79 Å². The molecular weight excluding hydrogens is 648 g/mol. The van der Waals surface area contributed by atoms with E-state index in [0.29, 0.717) is 11.3 Å². The number of benzene rings is 3. The third-order valence-electron chi connectivity index (χ3n) is 8.06. The Hall–Kier alpha value is -4.45. The minimum absolute atomic E-state index is 0.00590. The number of esters is 1. The van der Waals surface area contributed by atoms with Crippen LogP contribution in [0.4, 0.5) is 0 Å². The Bertz CT molecular complexity index is 1610. The van der Waals surface area contributed by atoms with Crippen molar-refractivity contribution >= 4 is 18.1 Å². The van der Waals surface area contributed by atoms with Crippen LogP contribution in [-0.2, 0) is 18.9 Å². The fourth-order valence-electron chi connectivity index (χ4n) is 5.17. The molecule has 0 saturated carbocycles. The highest BCUT2D eigenvalue weighted by atomic mass is 16.7. The number of carbonyl (C=O) groups is 1. The van der Waals surface area contributed by atoms with Gasteiger partial charge in [0.1, 0.15) is 47.3 Å². The molecule has 0 amide bonds. The number of aliphatic hydroxyl groups excluding tert-OH is 4. The Morgan fingerprint density at radius 3 is 2.29 bits per heavy atom. The predicted octanol–water partition coefficient (Wildman–Crippen LogP) is 0.794. The molecule has 264 valence electrons. The monoisotopic (exact) mass is 686 g/mol. The fourth-order valence-corrected chi connectivity index (χ4v) is 5.17. The van der Waals surface area contributed by atoms with E-state index in [1.165, 1.54) is 38.5 Å². The lowest BCUT2D eigenvalue weighted by Gasteiger charge is -2.42. The summed E-state index contributed by atoms with van der Waals surface area (Å²) in [7, 11) is 2.75. The van der Waals surface area contributed by atoms with Crippen LogP contribution in [0.15, 0.2) is 60.7 Å². The molecule has 2 aliphatic heterocycles. The summed E-state index contributed by atoms with van der Waals surface area (Å²) in [5.74, 6) is -0.526. The van der Waals surface area contributed by atoms with Crippen LogP contribution in [0.3, 0.4) is 0 Å². The maximum atomic E-state index is 13.2. The highest BCUT2D eigenvalue weighted by Crippen LogP contribution is 2.33. The molecule has 2 fully saturated rings. The number of carbonyl (C=O) groups excluding carboxylic acids is 1. The van der Waals surface area contributed by atoms with Crippen molar-refractivity contribution in [1.82, 2.24) is 0 Å². The molecular formula is C34H38O15. The zero-order valence-corrected chi connectivity index (χ0v) is 26.5. The first-order valence-corrected chi connectivity index (χ1v) is 15.1. The maximum absolute atomic E-state index is 13.2. The lowest BCUT2D eigenvalue weighted by molar-refractivity contribution is -0.288. The summed E-state index contributed by atoms with van der Waals surface area (Å²) in [6, 6.07) is 15.1. The van der Waals surface area contributed by atoms with Crippen LogP contribution in [0.5, 0.6) is 28.7 Å². The molecule has 3 aromatic rings. The molecule has 5 rings (SSSR count). The van der Waals surface area contributed by atoms with Gasteiger partial charge in [-0.05, 0) is 53.6 Å². The lowest BCUT2D eigenvalue weighted by Crippen LogP contribution is -2.61. The number of methoxy groups -OCH3 is 2. The zero-order chi connectivity index (χ0) is 35.3. The van der Waals surface area contributed by atoms with Crippen LogP contribution in [0.2, 0.25) is 0 Å². The lowest BCUT2D eigenvalue weighted by atomic mass is 9.98. The van der Waals surface area contributed by atoms with Crippen molar-refractivity contribution in [2.24, 2.45) is 0 Å². The SMILES string of the molecule is COc1cc(C=Cc2ccc(O)cc2)cc(O[C@@H]2O[C@H](CO[C@@H]3OC[C@](O)(CO)[C@H]3O)[C@@H](O)[C@H](O)[C@H]2OC(=O)c2ccc(O)c(OC)c2)c1. The molecule has 0 aromatic heterocycles. The molecule has 2 aliphatic rings. The van der Waals surface area contributed by atoms with Gasteiger partial charge in [-0.1, -0.05) is 24.3 Å². The zero-order valence-electron chi connectivity index (χ0n) is 26.5. The highest BCUT2D eigenvalue weighted by Gasteiger charge is 2.51. The van der Waals surface area contributed by atoms with Gasteiger partial charge >= 0.3 is 5.97 Å². The Kier molecular flexibility index (Phi) is 11.3. The van der Waals surface area contributed by atoms with Gasteiger partial charge in [0.05, 0.1) is 39.6 Å². The van der Waals surface area contributed by atoms with Gasteiger partial charge in [0.25, 0.3) is 0 Å². The number of hydrogen-bond acceptors (Lipinski definition) is 15. The van der Waals surface area contributed by atoms with Crippen LogP contribution in [-0.4, -0.2) is 124 Å². The molecule has 0 aliphatic carbocycles. The van der Waals surface area contributed by atoms with E-state index in [1.807, 2.05) is 0 Å². The summed E-state index contributed by atoms with van der Waals surface area (Å²) in [5.41, 5.74) is -0.594. The summed E-state index contributed by atoms with van der Waals surface area (Å²) >= 11 is 0. The van der Waals surface area contributed by atoms with Gasteiger partial charge in [-0.2, -0.15) is 0 Å².